The Bertz CT molecular complexity index is 1700. The van der Waals surface area contributed by atoms with Gasteiger partial charge in [-0.3, -0.25) is 14.2 Å². The van der Waals surface area contributed by atoms with Gasteiger partial charge in [-0.15, -0.1) is 22.7 Å². The highest BCUT2D eigenvalue weighted by molar-refractivity contribution is 7.94. The van der Waals surface area contributed by atoms with Crippen LogP contribution in [0, 0.1) is 5.92 Å². The van der Waals surface area contributed by atoms with Gasteiger partial charge in [0.15, 0.2) is 0 Å². The molecule has 1 aromatic carbocycles. The number of para-hydroxylation sites is 1. The van der Waals surface area contributed by atoms with Crippen molar-refractivity contribution in [3.8, 4) is 10.7 Å². The van der Waals surface area contributed by atoms with Gasteiger partial charge in [0.05, 0.1) is 16.9 Å². The minimum absolute atomic E-state index is 0. The normalized spacial score (nSPS) is 16.6. The molecule has 41 heavy (non-hydrogen) atoms. The van der Waals surface area contributed by atoms with Crippen molar-refractivity contribution >= 4 is 49.3 Å². The second-order valence-corrected chi connectivity index (χ2v) is 14.9. The first-order valence-corrected chi connectivity index (χ1v) is 16.9. The van der Waals surface area contributed by atoms with Gasteiger partial charge in [-0.2, -0.15) is 0 Å². The number of sulfonamides is 1. The predicted octanol–water partition coefficient (Wildman–Crippen LogP) is 7.37. The standard InChI is InChI=1S/C30H31N5O2S3.CH4/c36-40(37,28-8-4-16-38-28)35(19-21-9-10-21)27-7-3-5-23-17-26(33-29(23)27)30-32-18-24(39-30)20-34-14-11-22(12-15-34)25-6-1-2-13-31-25;/h1-8,13,16-18,21-22,33H,9-12,14-15,19-20H2;1H4. The molecule has 2 aliphatic rings. The van der Waals surface area contributed by atoms with Gasteiger partial charge in [0, 0.05) is 47.4 Å². The van der Waals surface area contributed by atoms with E-state index in [0.29, 0.717) is 28.3 Å². The van der Waals surface area contributed by atoms with Crippen molar-refractivity contribution in [2.24, 2.45) is 5.92 Å². The van der Waals surface area contributed by atoms with Crippen molar-refractivity contribution in [1.82, 2.24) is 19.9 Å². The van der Waals surface area contributed by atoms with Crippen LogP contribution in [-0.4, -0.2) is 47.9 Å². The molecule has 0 unspecified atom stereocenters. The molecule has 5 heterocycles. The molecule has 1 aliphatic carbocycles. The first kappa shape index (κ1) is 28.1. The number of nitrogens with zero attached hydrogens (tertiary/aromatic N) is 4. The van der Waals surface area contributed by atoms with Crippen LogP contribution >= 0.6 is 22.7 Å². The number of benzene rings is 1. The Hall–Kier alpha value is -3.05. The topological polar surface area (TPSA) is 82.2 Å². The number of anilines is 1. The van der Waals surface area contributed by atoms with E-state index < -0.39 is 10.0 Å². The monoisotopic (exact) mass is 605 g/mol. The molecule has 10 heteroatoms. The van der Waals surface area contributed by atoms with E-state index in [1.165, 1.54) is 21.9 Å². The highest BCUT2D eigenvalue weighted by Crippen LogP contribution is 2.39. The minimum Gasteiger partial charge on any atom is -0.351 e. The molecule has 1 saturated carbocycles. The zero-order valence-electron chi connectivity index (χ0n) is 22.1. The first-order chi connectivity index (χ1) is 19.5. The van der Waals surface area contributed by atoms with E-state index in [2.05, 4.69) is 33.1 Å². The summed E-state index contributed by atoms with van der Waals surface area (Å²) >= 11 is 2.97. The van der Waals surface area contributed by atoms with Crippen LogP contribution in [-0.2, 0) is 16.6 Å². The molecular weight excluding hydrogens is 571 g/mol. The number of hydrogen-bond acceptors (Lipinski definition) is 7. The van der Waals surface area contributed by atoms with Crippen molar-refractivity contribution in [3.63, 3.8) is 0 Å². The summed E-state index contributed by atoms with van der Waals surface area (Å²) in [6, 6.07) is 17.7. The fraction of sp³-hybridized carbons (Fsp3) is 0.355. The number of pyridine rings is 1. The molecular formula is C31H35N5O2S3. The lowest BCUT2D eigenvalue weighted by molar-refractivity contribution is 0.205. The molecule has 214 valence electrons. The van der Waals surface area contributed by atoms with Crippen LogP contribution in [0.2, 0.25) is 0 Å². The number of nitrogens with one attached hydrogen (secondary N) is 1. The van der Waals surface area contributed by atoms with E-state index in [9.17, 15) is 8.42 Å². The summed E-state index contributed by atoms with van der Waals surface area (Å²) in [5.74, 6) is 0.952. The molecule has 0 amide bonds. The Morgan fingerprint density at radius 2 is 1.85 bits per heavy atom. The third kappa shape index (κ3) is 5.83. The second kappa shape index (κ2) is 11.7. The summed E-state index contributed by atoms with van der Waals surface area (Å²) < 4.78 is 29.3. The zero-order valence-corrected chi connectivity index (χ0v) is 24.5. The lowest BCUT2D eigenvalue weighted by Gasteiger charge is -2.31. The van der Waals surface area contributed by atoms with Gasteiger partial charge < -0.3 is 4.98 Å². The van der Waals surface area contributed by atoms with Crippen LogP contribution < -0.4 is 4.31 Å². The summed E-state index contributed by atoms with van der Waals surface area (Å²) in [5, 5.41) is 3.73. The van der Waals surface area contributed by atoms with E-state index in [1.54, 1.807) is 27.8 Å². The van der Waals surface area contributed by atoms with Gasteiger partial charge in [-0.1, -0.05) is 31.7 Å². The first-order valence-electron chi connectivity index (χ1n) is 13.8. The average Bonchev–Trinajstić information content (AvgIpc) is 3.36. The SMILES string of the molecule is C.O=S(=O)(c1cccs1)N(CC1CC1)c1cccc2cc(-c3ncc(CN4CCC(c5ccccn5)CC4)s3)[nH]c12. The van der Waals surface area contributed by atoms with Crippen molar-refractivity contribution in [2.45, 2.75) is 49.8 Å². The number of aromatic nitrogens is 3. The number of thiazole rings is 1. The molecule has 5 aromatic rings. The van der Waals surface area contributed by atoms with Crippen LogP contribution in [0.1, 0.15) is 49.6 Å². The van der Waals surface area contributed by atoms with Crippen molar-refractivity contribution in [2.75, 3.05) is 23.9 Å². The predicted molar refractivity (Wildman–Crippen MR) is 169 cm³/mol. The zero-order chi connectivity index (χ0) is 27.1. The molecule has 1 saturated heterocycles. The van der Waals surface area contributed by atoms with Gasteiger partial charge in [-0.25, -0.2) is 13.4 Å². The van der Waals surface area contributed by atoms with Gasteiger partial charge in [-0.05, 0) is 80.4 Å². The van der Waals surface area contributed by atoms with E-state index in [4.69, 9.17) is 4.98 Å². The van der Waals surface area contributed by atoms with Crippen molar-refractivity contribution in [3.05, 3.63) is 82.9 Å². The maximum Gasteiger partial charge on any atom is 0.273 e. The number of rotatable bonds is 9. The summed E-state index contributed by atoms with van der Waals surface area (Å²) in [7, 11) is -3.64. The maximum absolute atomic E-state index is 13.7. The summed E-state index contributed by atoms with van der Waals surface area (Å²) in [6.45, 7) is 3.51. The van der Waals surface area contributed by atoms with E-state index in [0.717, 1.165) is 66.9 Å². The fourth-order valence-electron chi connectivity index (χ4n) is 5.57. The minimum atomic E-state index is -3.64. The van der Waals surface area contributed by atoms with Crippen LogP contribution in [0.25, 0.3) is 21.6 Å². The molecule has 0 spiro atoms. The molecule has 0 bridgehead atoms. The van der Waals surface area contributed by atoms with Gasteiger partial charge in [0.2, 0.25) is 0 Å². The number of fused-ring (bicyclic) bond motifs is 1. The number of piperidine rings is 1. The number of likely N-dealkylation sites (tertiary alicyclic amines) is 1. The Balaban J connectivity index is 0.00000302. The third-order valence-electron chi connectivity index (χ3n) is 7.92. The molecule has 7 nitrogen and oxygen atoms in total. The molecule has 2 fully saturated rings. The molecule has 7 rings (SSSR count). The number of thiophene rings is 1. The van der Waals surface area contributed by atoms with Crippen LogP contribution in [0.5, 0.6) is 0 Å². The third-order valence-corrected chi connectivity index (χ3v) is 12.1. The number of hydrogen-bond donors (Lipinski definition) is 1. The Labute approximate surface area is 250 Å². The second-order valence-electron chi connectivity index (χ2n) is 10.8. The van der Waals surface area contributed by atoms with Crippen LogP contribution in [0.4, 0.5) is 5.69 Å². The summed E-state index contributed by atoms with van der Waals surface area (Å²) in [6.07, 6.45) is 8.27. The number of aromatic amines is 1. The van der Waals surface area contributed by atoms with Gasteiger partial charge >= 0.3 is 0 Å². The summed E-state index contributed by atoms with van der Waals surface area (Å²) in [4.78, 5) is 16.6. The highest BCUT2D eigenvalue weighted by atomic mass is 32.2. The van der Waals surface area contributed by atoms with E-state index in [-0.39, 0.29) is 7.43 Å². The molecule has 4 aromatic heterocycles. The Kier molecular flexibility index (Phi) is 8.00. The Morgan fingerprint density at radius 1 is 1.00 bits per heavy atom. The van der Waals surface area contributed by atoms with Gasteiger partial charge in [0.25, 0.3) is 10.0 Å². The lowest BCUT2D eigenvalue weighted by atomic mass is 9.93. The molecule has 1 N–H and O–H groups in total. The quantitative estimate of drug-likeness (QED) is 0.190. The molecule has 0 atom stereocenters. The fourth-order valence-corrected chi connectivity index (χ4v) is 9.16. The molecule has 1 aliphatic heterocycles. The summed E-state index contributed by atoms with van der Waals surface area (Å²) in [5.41, 5.74) is 3.68. The van der Waals surface area contributed by atoms with Crippen molar-refractivity contribution < 1.29 is 8.42 Å². The average molecular weight is 606 g/mol. The van der Waals surface area contributed by atoms with Crippen molar-refractivity contribution in [1.29, 1.82) is 0 Å². The van der Waals surface area contributed by atoms with Crippen LogP contribution in [0.15, 0.2) is 76.6 Å². The smallest absolute Gasteiger partial charge is 0.273 e. The highest BCUT2D eigenvalue weighted by Gasteiger charge is 2.34. The Morgan fingerprint density at radius 3 is 2.59 bits per heavy atom. The maximum atomic E-state index is 13.7. The number of H-pyrrole nitrogens is 1. The van der Waals surface area contributed by atoms with Gasteiger partial charge in [0.1, 0.15) is 9.22 Å². The van der Waals surface area contributed by atoms with Crippen LogP contribution in [0.3, 0.4) is 0 Å². The lowest BCUT2D eigenvalue weighted by Crippen LogP contribution is -2.32. The molecule has 0 radical (unpaired) electrons. The largest absolute Gasteiger partial charge is 0.351 e. The van der Waals surface area contributed by atoms with E-state index in [1.807, 2.05) is 42.0 Å². The van der Waals surface area contributed by atoms with E-state index >= 15 is 0 Å².